The maximum Gasteiger partial charge on any atom is 0.260 e. The number of nitrogens with zero attached hydrogens (tertiary/aromatic N) is 3. The van der Waals surface area contributed by atoms with Crippen molar-refractivity contribution in [3.8, 4) is 11.5 Å². The number of hydrogen-bond acceptors (Lipinski definition) is 5. The number of carbonyl (C=O) groups is 2. The van der Waals surface area contributed by atoms with E-state index in [2.05, 4.69) is 4.90 Å². The van der Waals surface area contributed by atoms with Gasteiger partial charge >= 0.3 is 0 Å². The Morgan fingerprint density at radius 1 is 0.800 bits per heavy atom. The molecule has 0 N–H and O–H groups in total. The number of carbonyl (C=O) groups excluding carboxylic acids is 2. The molecular formula is C28H43N3O4. The molecule has 1 aromatic carbocycles. The van der Waals surface area contributed by atoms with Crippen molar-refractivity contribution >= 4 is 11.8 Å². The highest BCUT2D eigenvalue weighted by atomic mass is 16.5. The van der Waals surface area contributed by atoms with Gasteiger partial charge in [0.1, 0.15) is 0 Å². The van der Waals surface area contributed by atoms with Gasteiger partial charge in [0.05, 0.1) is 6.61 Å². The Balaban J connectivity index is 1.30. The van der Waals surface area contributed by atoms with Crippen LogP contribution in [0.15, 0.2) is 18.2 Å². The van der Waals surface area contributed by atoms with Crippen LogP contribution in [0.1, 0.15) is 75.1 Å². The number of benzene rings is 1. The van der Waals surface area contributed by atoms with Crippen LogP contribution in [0.4, 0.5) is 0 Å². The Bertz CT molecular complexity index is 823. The lowest BCUT2D eigenvalue weighted by molar-refractivity contribution is -0.134. The van der Waals surface area contributed by atoms with Crippen molar-refractivity contribution in [1.82, 2.24) is 14.7 Å². The molecule has 0 unspecified atom stereocenters. The third-order valence-corrected chi connectivity index (χ3v) is 7.67. The largest absolute Gasteiger partial charge is 0.490 e. The van der Waals surface area contributed by atoms with E-state index in [1.807, 2.05) is 16.7 Å². The molecule has 3 saturated heterocycles. The zero-order chi connectivity index (χ0) is 24.5. The minimum atomic E-state index is -0.00208. The molecule has 0 aromatic heterocycles. The van der Waals surface area contributed by atoms with Gasteiger partial charge in [-0.05, 0) is 89.1 Å². The summed E-state index contributed by atoms with van der Waals surface area (Å²) in [6.07, 6.45) is 10.8. The van der Waals surface area contributed by atoms with Gasteiger partial charge in [0.15, 0.2) is 18.1 Å². The van der Waals surface area contributed by atoms with E-state index in [4.69, 9.17) is 9.47 Å². The van der Waals surface area contributed by atoms with Crippen LogP contribution in [0.3, 0.4) is 0 Å². The number of amides is 2. The highest BCUT2D eigenvalue weighted by molar-refractivity contribution is 5.95. The number of likely N-dealkylation sites (tertiary alicyclic amines) is 3. The topological polar surface area (TPSA) is 62.3 Å². The van der Waals surface area contributed by atoms with E-state index < -0.39 is 0 Å². The van der Waals surface area contributed by atoms with Crippen LogP contribution in [0.25, 0.3) is 0 Å². The van der Waals surface area contributed by atoms with E-state index in [0.29, 0.717) is 29.6 Å². The SMILES string of the molecule is CCOc1cc(C(=O)N2CCC(CN3CCCCCC3)CC2)ccc1OCC(=O)N1CCCCC1. The minimum Gasteiger partial charge on any atom is -0.490 e. The van der Waals surface area contributed by atoms with Gasteiger partial charge in [-0.1, -0.05) is 12.8 Å². The first-order valence-electron chi connectivity index (χ1n) is 13.8. The van der Waals surface area contributed by atoms with E-state index in [1.165, 1.54) is 51.7 Å². The summed E-state index contributed by atoms with van der Waals surface area (Å²) >= 11 is 0. The maximum atomic E-state index is 13.2. The molecule has 1 aromatic rings. The molecule has 0 radical (unpaired) electrons. The molecule has 0 spiro atoms. The van der Waals surface area contributed by atoms with Crippen LogP contribution in [-0.4, -0.2) is 85.5 Å². The standard InChI is InChI=1S/C28H43N3O4/c1-2-34-26-20-24(10-11-25(26)35-22-27(32)30-16-8-5-9-17-30)28(33)31-18-12-23(13-19-31)21-29-14-6-3-4-7-15-29/h10-11,20,23H,2-9,12-19,21-22H2,1H3. The first-order chi connectivity index (χ1) is 17.1. The average molecular weight is 486 g/mol. The van der Waals surface area contributed by atoms with Crippen LogP contribution in [0.2, 0.25) is 0 Å². The molecule has 0 atom stereocenters. The van der Waals surface area contributed by atoms with Crippen LogP contribution in [-0.2, 0) is 4.79 Å². The van der Waals surface area contributed by atoms with E-state index in [9.17, 15) is 9.59 Å². The van der Waals surface area contributed by atoms with Crippen LogP contribution in [0, 0.1) is 5.92 Å². The first kappa shape index (κ1) is 25.8. The highest BCUT2D eigenvalue weighted by Gasteiger charge is 2.26. The van der Waals surface area contributed by atoms with Crippen molar-refractivity contribution in [1.29, 1.82) is 0 Å². The van der Waals surface area contributed by atoms with Gasteiger partial charge in [0, 0.05) is 38.3 Å². The molecule has 194 valence electrons. The van der Waals surface area contributed by atoms with Gasteiger partial charge < -0.3 is 24.2 Å². The third-order valence-electron chi connectivity index (χ3n) is 7.67. The normalized spacial score (nSPS) is 20.4. The van der Waals surface area contributed by atoms with Crippen molar-refractivity contribution in [2.75, 3.05) is 59.0 Å². The number of piperidine rings is 2. The lowest BCUT2D eigenvalue weighted by atomic mass is 9.95. The lowest BCUT2D eigenvalue weighted by Crippen LogP contribution is -2.41. The molecule has 3 aliphatic heterocycles. The van der Waals surface area contributed by atoms with Gasteiger partial charge in [0.25, 0.3) is 11.8 Å². The van der Waals surface area contributed by atoms with E-state index in [1.54, 1.807) is 18.2 Å². The number of hydrogen-bond donors (Lipinski definition) is 0. The summed E-state index contributed by atoms with van der Waals surface area (Å²) in [6, 6.07) is 5.35. The monoisotopic (exact) mass is 485 g/mol. The molecule has 7 nitrogen and oxygen atoms in total. The fraction of sp³-hybridized carbons (Fsp3) is 0.714. The third kappa shape index (κ3) is 7.35. The summed E-state index contributed by atoms with van der Waals surface area (Å²) < 4.78 is 11.6. The highest BCUT2D eigenvalue weighted by Crippen LogP contribution is 2.30. The summed E-state index contributed by atoms with van der Waals surface area (Å²) in [4.78, 5) is 32.2. The molecule has 0 aliphatic carbocycles. The summed E-state index contributed by atoms with van der Waals surface area (Å²) in [7, 11) is 0. The number of rotatable bonds is 8. The molecule has 3 aliphatic rings. The van der Waals surface area contributed by atoms with Crippen LogP contribution >= 0.6 is 0 Å². The van der Waals surface area contributed by atoms with Gasteiger partial charge in [-0.3, -0.25) is 9.59 Å². The maximum absolute atomic E-state index is 13.2. The van der Waals surface area contributed by atoms with Crippen molar-refractivity contribution in [2.45, 2.75) is 64.7 Å². The molecular weight excluding hydrogens is 442 g/mol. The predicted octanol–water partition coefficient (Wildman–Crippen LogP) is 4.20. The second-order valence-corrected chi connectivity index (χ2v) is 10.3. The Hall–Kier alpha value is -2.28. The molecule has 0 bridgehead atoms. The van der Waals surface area contributed by atoms with Gasteiger partial charge in [0.2, 0.25) is 0 Å². The fourth-order valence-corrected chi connectivity index (χ4v) is 5.59. The van der Waals surface area contributed by atoms with Gasteiger partial charge in [-0.15, -0.1) is 0 Å². The van der Waals surface area contributed by atoms with Gasteiger partial charge in [-0.25, -0.2) is 0 Å². The van der Waals surface area contributed by atoms with Crippen LogP contribution < -0.4 is 9.47 Å². The smallest absolute Gasteiger partial charge is 0.260 e. The van der Waals surface area contributed by atoms with E-state index >= 15 is 0 Å². The van der Waals surface area contributed by atoms with Crippen molar-refractivity contribution in [2.24, 2.45) is 5.92 Å². The molecule has 2 amide bonds. The van der Waals surface area contributed by atoms with E-state index in [-0.39, 0.29) is 18.4 Å². The summed E-state index contributed by atoms with van der Waals surface area (Å²) in [5, 5.41) is 0. The minimum absolute atomic E-state index is 0.00208. The average Bonchev–Trinajstić information content (AvgIpc) is 3.17. The summed E-state index contributed by atoms with van der Waals surface area (Å²) in [5.41, 5.74) is 0.620. The number of ether oxygens (including phenoxy) is 2. The fourth-order valence-electron chi connectivity index (χ4n) is 5.59. The Kier molecular flexibility index (Phi) is 9.69. The lowest BCUT2D eigenvalue weighted by Gasteiger charge is -2.34. The molecule has 4 rings (SSSR count). The van der Waals surface area contributed by atoms with Crippen LogP contribution in [0.5, 0.6) is 11.5 Å². The second kappa shape index (κ2) is 13.1. The van der Waals surface area contributed by atoms with Crippen molar-refractivity contribution in [3.63, 3.8) is 0 Å². The molecule has 3 heterocycles. The Morgan fingerprint density at radius 3 is 2.14 bits per heavy atom. The molecule has 0 saturated carbocycles. The van der Waals surface area contributed by atoms with E-state index in [0.717, 1.165) is 51.9 Å². The predicted molar refractivity (Wildman–Crippen MR) is 137 cm³/mol. The summed E-state index contributed by atoms with van der Waals surface area (Å²) in [6.45, 7) is 9.26. The molecule has 35 heavy (non-hydrogen) atoms. The van der Waals surface area contributed by atoms with Crippen molar-refractivity contribution in [3.05, 3.63) is 23.8 Å². The summed E-state index contributed by atoms with van der Waals surface area (Å²) in [5.74, 6) is 1.79. The van der Waals surface area contributed by atoms with Gasteiger partial charge in [-0.2, -0.15) is 0 Å². The Morgan fingerprint density at radius 2 is 1.46 bits per heavy atom. The first-order valence-corrected chi connectivity index (χ1v) is 13.8. The molecule has 7 heteroatoms. The quantitative estimate of drug-likeness (QED) is 0.552. The zero-order valence-electron chi connectivity index (χ0n) is 21.5. The molecule has 3 fully saturated rings. The van der Waals surface area contributed by atoms with Crippen molar-refractivity contribution < 1.29 is 19.1 Å². The Labute approximate surface area is 210 Å². The zero-order valence-corrected chi connectivity index (χ0v) is 21.5. The second-order valence-electron chi connectivity index (χ2n) is 10.3.